The number of rotatable bonds is 9. The summed E-state index contributed by atoms with van der Waals surface area (Å²) in [6.45, 7) is 8.12. The first kappa shape index (κ1) is 23.8. The lowest BCUT2D eigenvalue weighted by Gasteiger charge is -2.29. The Labute approximate surface area is 212 Å². The second-order valence-corrected chi connectivity index (χ2v) is 9.17. The Balaban J connectivity index is 1.37. The van der Waals surface area contributed by atoms with Crippen molar-refractivity contribution in [3.63, 3.8) is 0 Å². The first-order chi connectivity index (χ1) is 17.2. The predicted molar refractivity (Wildman–Crippen MR) is 139 cm³/mol. The third-order valence-electron chi connectivity index (χ3n) is 6.54. The van der Waals surface area contributed by atoms with Gasteiger partial charge in [0.1, 0.15) is 23.3 Å². The van der Waals surface area contributed by atoms with Gasteiger partial charge in [0.05, 0.1) is 31.6 Å². The Morgan fingerprint density at radius 2 is 1.89 bits per heavy atom. The summed E-state index contributed by atoms with van der Waals surface area (Å²) in [6, 6.07) is 17.9. The van der Waals surface area contributed by atoms with E-state index in [1.165, 1.54) is 0 Å². The summed E-state index contributed by atoms with van der Waals surface area (Å²) in [4.78, 5) is 9.34. The van der Waals surface area contributed by atoms with Crippen molar-refractivity contribution in [3.05, 3.63) is 72.2 Å². The van der Waals surface area contributed by atoms with E-state index in [2.05, 4.69) is 26.2 Å². The summed E-state index contributed by atoms with van der Waals surface area (Å²) in [5.74, 6) is 2.56. The largest absolute Gasteiger partial charge is 0.494 e. The van der Waals surface area contributed by atoms with E-state index < -0.39 is 0 Å². The first-order valence-corrected chi connectivity index (χ1v) is 12.7. The number of nitrogens with one attached hydrogen (secondary N) is 1. The molecule has 5 rings (SSSR count). The van der Waals surface area contributed by atoms with Crippen LogP contribution in [-0.4, -0.2) is 65.9 Å². The van der Waals surface area contributed by atoms with Crippen molar-refractivity contribution in [2.75, 3.05) is 46.0 Å². The highest BCUT2D eigenvalue weighted by molar-refractivity contribution is 7.80. The monoisotopic (exact) mass is 492 g/mol. The van der Waals surface area contributed by atoms with Crippen molar-refractivity contribution >= 4 is 17.3 Å². The number of nitrogens with zero attached hydrogens (tertiary/aromatic N) is 3. The molecule has 1 N–H and O–H groups in total. The number of hydrogen-bond acceptors (Lipinski definition) is 6. The number of benzene rings is 1. The molecular weight excluding hydrogens is 460 g/mol. The van der Waals surface area contributed by atoms with Crippen molar-refractivity contribution in [2.45, 2.75) is 25.4 Å². The highest BCUT2D eigenvalue weighted by Crippen LogP contribution is 2.40. The van der Waals surface area contributed by atoms with Gasteiger partial charge in [-0.15, -0.1) is 0 Å². The minimum absolute atomic E-state index is 0.0708. The molecule has 2 aliphatic heterocycles. The Morgan fingerprint density at radius 1 is 1.06 bits per heavy atom. The fourth-order valence-electron chi connectivity index (χ4n) is 4.79. The number of aromatic nitrogens is 1. The van der Waals surface area contributed by atoms with E-state index in [1.54, 1.807) is 0 Å². The Kier molecular flexibility index (Phi) is 7.61. The number of hydrogen-bond donors (Lipinski definition) is 1. The van der Waals surface area contributed by atoms with Crippen LogP contribution in [0.5, 0.6) is 5.75 Å². The van der Waals surface area contributed by atoms with Gasteiger partial charge >= 0.3 is 0 Å². The Bertz CT molecular complexity index is 1100. The maximum Gasteiger partial charge on any atom is 0.170 e. The molecule has 3 aromatic rings. The number of thiocarbonyl (C=S) groups is 1. The highest BCUT2D eigenvalue weighted by Gasteiger charge is 2.41. The van der Waals surface area contributed by atoms with Crippen LogP contribution in [0.25, 0.3) is 11.3 Å². The van der Waals surface area contributed by atoms with Crippen LogP contribution in [0.2, 0.25) is 0 Å². The van der Waals surface area contributed by atoms with E-state index in [0.29, 0.717) is 6.61 Å². The summed E-state index contributed by atoms with van der Waals surface area (Å²) in [5, 5.41) is 4.25. The highest BCUT2D eigenvalue weighted by atomic mass is 32.1. The van der Waals surface area contributed by atoms with Crippen LogP contribution in [0.4, 0.5) is 0 Å². The van der Waals surface area contributed by atoms with Crippen LogP contribution < -0.4 is 10.1 Å². The predicted octanol–water partition coefficient (Wildman–Crippen LogP) is 4.44. The van der Waals surface area contributed by atoms with Gasteiger partial charge in [-0.25, -0.2) is 0 Å². The molecule has 2 atom stereocenters. The Morgan fingerprint density at radius 3 is 2.63 bits per heavy atom. The third kappa shape index (κ3) is 5.50. The van der Waals surface area contributed by atoms with Gasteiger partial charge in [0.25, 0.3) is 0 Å². The molecule has 0 saturated carbocycles. The lowest BCUT2D eigenvalue weighted by Crippen LogP contribution is -2.38. The molecule has 2 aliphatic rings. The van der Waals surface area contributed by atoms with Crippen LogP contribution in [0.3, 0.4) is 0 Å². The van der Waals surface area contributed by atoms with Crippen LogP contribution in [0.1, 0.15) is 36.9 Å². The molecule has 2 saturated heterocycles. The standard InChI is InChI=1S/C27H32N4O3S/c1-2-33-21-9-7-20(8-10-21)23-11-12-24(34-23)26-25(22-6-3-4-13-28-22)29-27(35)31(26)15-5-14-30-16-18-32-19-17-30/h3-4,6-13,25-26H,2,5,14-19H2,1H3,(H,29,35)/t25-,26-/m1/s1. The van der Waals surface area contributed by atoms with Crippen LogP contribution in [0, 0.1) is 0 Å². The number of furan rings is 1. The minimum atomic E-state index is -0.0774. The molecule has 8 heteroatoms. The van der Waals surface area contributed by atoms with Gasteiger partial charge in [-0.2, -0.15) is 0 Å². The van der Waals surface area contributed by atoms with Crippen molar-refractivity contribution in [2.24, 2.45) is 0 Å². The number of ether oxygens (including phenoxy) is 2. The zero-order valence-electron chi connectivity index (χ0n) is 20.1. The molecule has 4 heterocycles. The molecule has 184 valence electrons. The summed E-state index contributed by atoms with van der Waals surface area (Å²) in [6.07, 6.45) is 2.84. The maximum atomic E-state index is 6.44. The van der Waals surface area contributed by atoms with Crippen molar-refractivity contribution < 1.29 is 13.9 Å². The lowest BCUT2D eigenvalue weighted by molar-refractivity contribution is 0.0365. The van der Waals surface area contributed by atoms with Crippen molar-refractivity contribution in [1.29, 1.82) is 0 Å². The molecule has 7 nitrogen and oxygen atoms in total. The van der Waals surface area contributed by atoms with Crippen LogP contribution in [0.15, 0.2) is 65.2 Å². The average Bonchev–Trinajstić information content (AvgIpc) is 3.51. The molecule has 0 aliphatic carbocycles. The van der Waals surface area contributed by atoms with Crippen molar-refractivity contribution in [1.82, 2.24) is 20.1 Å². The lowest BCUT2D eigenvalue weighted by atomic mass is 10.0. The minimum Gasteiger partial charge on any atom is -0.494 e. The smallest absolute Gasteiger partial charge is 0.170 e. The van der Waals surface area contributed by atoms with Gasteiger partial charge in [0.2, 0.25) is 0 Å². The Hall–Kier alpha value is -2.94. The quantitative estimate of drug-likeness (QED) is 0.440. The molecule has 35 heavy (non-hydrogen) atoms. The number of morpholine rings is 1. The molecule has 0 bridgehead atoms. The van der Waals surface area contributed by atoms with E-state index in [1.807, 2.05) is 61.7 Å². The van der Waals surface area contributed by atoms with E-state index in [4.69, 9.17) is 26.1 Å². The molecule has 2 fully saturated rings. The SMILES string of the molecule is CCOc1ccc(-c2ccc([C@@H]3[C@@H](c4ccccn4)NC(=S)N3CCCN3CCOCC3)o2)cc1. The molecule has 1 aromatic carbocycles. The van der Waals surface area contributed by atoms with Crippen LogP contribution >= 0.6 is 12.2 Å². The number of pyridine rings is 1. The van der Waals surface area contributed by atoms with Crippen molar-refractivity contribution in [3.8, 4) is 17.1 Å². The summed E-state index contributed by atoms with van der Waals surface area (Å²) in [7, 11) is 0. The zero-order valence-corrected chi connectivity index (χ0v) is 20.9. The molecule has 0 radical (unpaired) electrons. The second-order valence-electron chi connectivity index (χ2n) is 8.79. The summed E-state index contributed by atoms with van der Waals surface area (Å²) < 4.78 is 17.5. The van der Waals surface area contributed by atoms with Gasteiger partial charge in [0, 0.05) is 37.9 Å². The van der Waals surface area contributed by atoms with Gasteiger partial charge in [-0.05, 0) is 74.1 Å². The fourth-order valence-corrected chi connectivity index (χ4v) is 5.13. The first-order valence-electron chi connectivity index (χ1n) is 12.3. The molecule has 2 aromatic heterocycles. The van der Waals surface area contributed by atoms with Crippen LogP contribution in [-0.2, 0) is 4.74 Å². The van der Waals surface area contributed by atoms with E-state index in [-0.39, 0.29) is 12.1 Å². The maximum absolute atomic E-state index is 6.44. The summed E-state index contributed by atoms with van der Waals surface area (Å²) >= 11 is 5.80. The van der Waals surface area contributed by atoms with Gasteiger partial charge < -0.3 is 24.1 Å². The van der Waals surface area contributed by atoms with Gasteiger partial charge in [0.15, 0.2) is 5.11 Å². The van der Waals surface area contributed by atoms with E-state index >= 15 is 0 Å². The molecule has 0 amide bonds. The van der Waals surface area contributed by atoms with E-state index in [9.17, 15) is 0 Å². The van der Waals surface area contributed by atoms with Gasteiger partial charge in [-0.3, -0.25) is 9.88 Å². The fraction of sp³-hybridized carbons (Fsp3) is 0.407. The molecular formula is C27H32N4O3S. The summed E-state index contributed by atoms with van der Waals surface area (Å²) in [5.41, 5.74) is 1.97. The third-order valence-corrected chi connectivity index (χ3v) is 6.90. The van der Waals surface area contributed by atoms with Gasteiger partial charge in [-0.1, -0.05) is 6.07 Å². The zero-order chi connectivity index (χ0) is 24.0. The average molecular weight is 493 g/mol. The normalized spacial score (nSPS) is 20.7. The van der Waals surface area contributed by atoms with E-state index in [0.717, 1.165) is 79.5 Å². The molecule has 0 unspecified atom stereocenters. The topological polar surface area (TPSA) is 63.0 Å². The second kappa shape index (κ2) is 11.2. The molecule has 0 spiro atoms.